The van der Waals surface area contributed by atoms with Crippen LogP contribution in [-0.2, 0) is 6.61 Å². The van der Waals surface area contributed by atoms with Crippen LogP contribution in [0.15, 0.2) is 59.0 Å². The third-order valence-electron chi connectivity index (χ3n) is 5.04. The zero-order valence-corrected chi connectivity index (χ0v) is 15.9. The molecule has 0 spiro atoms. The van der Waals surface area contributed by atoms with Crippen LogP contribution in [0.4, 0.5) is 5.69 Å². The first-order valence-corrected chi connectivity index (χ1v) is 9.02. The molecular weight excluding hydrogens is 372 g/mol. The second-order valence-corrected chi connectivity index (χ2v) is 6.82. The Labute approximate surface area is 166 Å². The van der Waals surface area contributed by atoms with Gasteiger partial charge in [0, 0.05) is 22.7 Å². The van der Waals surface area contributed by atoms with E-state index in [1.807, 2.05) is 18.2 Å². The number of aliphatic hydroxyl groups excluding tert-OH is 1. The summed E-state index contributed by atoms with van der Waals surface area (Å²) in [6.45, 7) is 3.34. The van der Waals surface area contributed by atoms with Gasteiger partial charge in [-0.1, -0.05) is 24.3 Å². The van der Waals surface area contributed by atoms with Crippen LogP contribution in [-0.4, -0.2) is 20.5 Å². The number of furan rings is 1. The second kappa shape index (κ2) is 7.03. The Morgan fingerprint density at radius 3 is 2.62 bits per heavy atom. The molecule has 7 nitrogen and oxygen atoms in total. The molecular formula is C22H18N2O5. The van der Waals surface area contributed by atoms with E-state index in [-0.39, 0.29) is 23.8 Å². The minimum Gasteiger partial charge on any atom is -0.451 e. The van der Waals surface area contributed by atoms with Gasteiger partial charge in [0.15, 0.2) is 5.76 Å². The molecule has 4 rings (SSSR count). The maximum absolute atomic E-state index is 13.2. The van der Waals surface area contributed by atoms with Gasteiger partial charge in [0.1, 0.15) is 5.76 Å². The molecule has 0 aliphatic rings. The Morgan fingerprint density at radius 1 is 1.14 bits per heavy atom. The number of benzene rings is 2. The zero-order valence-electron chi connectivity index (χ0n) is 15.9. The Kier molecular flexibility index (Phi) is 4.52. The predicted octanol–water partition coefficient (Wildman–Crippen LogP) is 4.61. The lowest BCUT2D eigenvalue weighted by Crippen LogP contribution is -2.12. The van der Waals surface area contributed by atoms with Gasteiger partial charge >= 0.3 is 0 Å². The van der Waals surface area contributed by atoms with Gasteiger partial charge in [-0.25, -0.2) is 0 Å². The molecule has 0 saturated heterocycles. The van der Waals surface area contributed by atoms with Crippen molar-refractivity contribution in [3.63, 3.8) is 0 Å². The van der Waals surface area contributed by atoms with Crippen molar-refractivity contribution in [2.45, 2.75) is 20.5 Å². The monoisotopic (exact) mass is 390 g/mol. The van der Waals surface area contributed by atoms with Gasteiger partial charge in [-0.15, -0.1) is 0 Å². The third-order valence-corrected chi connectivity index (χ3v) is 5.04. The van der Waals surface area contributed by atoms with Crippen molar-refractivity contribution < 1.29 is 19.2 Å². The van der Waals surface area contributed by atoms with E-state index >= 15 is 0 Å². The topological polar surface area (TPSA) is 98.5 Å². The summed E-state index contributed by atoms with van der Waals surface area (Å²) in [6.07, 6.45) is 0. The van der Waals surface area contributed by atoms with Crippen molar-refractivity contribution in [2.24, 2.45) is 0 Å². The number of carbonyl (C=O) groups excluding carboxylic acids is 1. The minimum atomic E-state index is -0.469. The average molecular weight is 390 g/mol. The minimum absolute atomic E-state index is 0.0585. The van der Waals surface area contributed by atoms with Crippen LogP contribution in [0.1, 0.15) is 27.4 Å². The summed E-state index contributed by atoms with van der Waals surface area (Å²) in [4.78, 5) is 24.1. The molecule has 29 heavy (non-hydrogen) atoms. The highest BCUT2D eigenvalue weighted by Gasteiger charge is 2.24. The summed E-state index contributed by atoms with van der Waals surface area (Å²) in [6, 6.07) is 15.2. The van der Waals surface area contributed by atoms with Crippen molar-refractivity contribution in [1.82, 2.24) is 4.57 Å². The van der Waals surface area contributed by atoms with Gasteiger partial charge in [-0.05, 0) is 43.7 Å². The lowest BCUT2D eigenvalue weighted by Gasteiger charge is -2.05. The van der Waals surface area contributed by atoms with E-state index in [1.165, 1.54) is 16.7 Å². The van der Waals surface area contributed by atoms with Crippen molar-refractivity contribution in [3.8, 4) is 11.3 Å². The quantitative estimate of drug-likeness (QED) is 0.405. The molecule has 146 valence electrons. The summed E-state index contributed by atoms with van der Waals surface area (Å²) in [5, 5.41) is 21.9. The molecule has 0 radical (unpaired) electrons. The van der Waals surface area contributed by atoms with Crippen LogP contribution in [0.5, 0.6) is 0 Å². The summed E-state index contributed by atoms with van der Waals surface area (Å²) >= 11 is 0. The molecule has 0 unspecified atom stereocenters. The van der Waals surface area contributed by atoms with Crippen molar-refractivity contribution in [2.75, 3.05) is 0 Å². The number of aliphatic hydroxyl groups is 1. The molecule has 0 aliphatic carbocycles. The first-order valence-electron chi connectivity index (χ1n) is 9.02. The van der Waals surface area contributed by atoms with Gasteiger partial charge < -0.3 is 9.52 Å². The first-order chi connectivity index (χ1) is 13.9. The van der Waals surface area contributed by atoms with Crippen LogP contribution in [0, 0.1) is 24.0 Å². The number of fused-ring (bicyclic) bond motifs is 1. The molecule has 2 aromatic carbocycles. The summed E-state index contributed by atoms with van der Waals surface area (Å²) in [7, 11) is 0. The zero-order chi connectivity index (χ0) is 20.7. The van der Waals surface area contributed by atoms with E-state index in [0.717, 1.165) is 10.9 Å². The summed E-state index contributed by atoms with van der Waals surface area (Å²) < 4.78 is 7.22. The fourth-order valence-electron chi connectivity index (χ4n) is 3.60. The molecule has 0 bridgehead atoms. The number of para-hydroxylation sites is 1. The normalized spacial score (nSPS) is 11.1. The molecule has 0 amide bonds. The predicted molar refractivity (Wildman–Crippen MR) is 108 cm³/mol. The Bertz CT molecular complexity index is 1270. The van der Waals surface area contributed by atoms with E-state index in [1.54, 1.807) is 38.1 Å². The molecule has 2 heterocycles. The fraction of sp³-hybridized carbons (Fsp3) is 0.136. The largest absolute Gasteiger partial charge is 0.451 e. The maximum atomic E-state index is 13.2. The summed E-state index contributed by atoms with van der Waals surface area (Å²) in [5.74, 6) is -0.0980. The van der Waals surface area contributed by atoms with Gasteiger partial charge in [0.2, 0.25) is 0 Å². The highest BCUT2D eigenvalue weighted by Crippen LogP contribution is 2.33. The number of nitro groups is 1. The fourth-order valence-corrected chi connectivity index (χ4v) is 3.60. The van der Waals surface area contributed by atoms with Gasteiger partial charge in [-0.2, -0.15) is 0 Å². The van der Waals surface area contributed by atoms with Crippen molar-refractivity contribution in [3.05, 3.63) is 87.3 Å². The molecule has 1 N–H and O–H groups in total. The lowest BCUT2D eigenvalue weighted by atomic mass is 10.1. The Balaban J connectivity index is 1.81. The van der Waals surface area contributed by atoms with E-state index in [2.05, 4.69) is 0 Å². The molecule has 0 atom stereocenters. The van der Waals surface area contributed by atoms with E-state index in [9.17, 15) is 20.0 Å². The van der Waals surface area contributed by atoms with Crippen LogP contribution >= 0.6 is 0 Å². The number of rotatable bonds is 4. The summed E-state index contributed by atoms with van der Waals surface area (Å²) in [5.41, 5.74) is 2.95. The van der Waals surface area contributed by atoms with Crippen LogP contribution in [0.2, 0.25) is 0 Å². The number of hydrogen-bond acceptors (Lipinski definition) is 5. The molecule has 2 aromatic heterocycles. The first kappa shape index (κ1) is 18.6. The Hall–Kier alpha value is -3.71. The van der Waals surface area contributed by atoms with E-state index < -0.39 is 10.8 Å². The third kappa shape index (κ3) is 3.01. The number of aryl methyl sites for hydroxylation is 1. The highest BCUT2D eigenvalue weighted by molar-refractivity contribution is 6.02. The molecule has 0 saturated carbocycles. The van der Waals surface area contributed by atoms with E-state index in [0.29, 0.717) is 22.3 Å². The second-order valence-electron chi connectivity index (χ2n) is 6.82. The Morgan fingerprint density at radius 2 is 1.90 bits per heavy atom. The van der Waals surface area contributed by atoms with Gasteiger partial charge in [0.05, 0.1) is 22.6 Å². The van der Waals surface area contributed by atoms with Crippen LogP contribution < -0.4 is 0 Å². The number of nitro benzene ring substituents is 1. The maximum Gasteiger partial charge on any atom is 0.298 e. The van der Waals surface area contributed by atoms with Crippen molar-refractivity contribution >= 4 is 22.5 Å². The molecule has 0 fully saturated rings. The standard InChI is InChI=1S/C22H18N2O5/c1-13-7-8-16(19(11-13)24(27)28)20-9-10-21(29-20)22(26)23-14(2)17(12-25)15-5-3-4-6-18(15)23/h3-11,25H,12H2,1-2H3. The van der Waals surface area contributed by atoms with Crippen molar-refractivity contribution in [1.29, 1.82) is 0 Å². The highest BCUT2D eigenvalue weighted by atomic mass is 16.6. The molecule has 0 aliphatic heterocycles. The number of aromatic nitrogens is 1. The van der Waals surface area contributed by atoms with E-state index in [4.69, 9.17) is 4.42 Å². The van der Waals surface area contributed by atoms with Gasteiger partial charge in [-0.3, -0.25) is 19.5 Å². The van der Waals surface area contributed by atoms with Crippen LogP contribution in [0.25, 0.3) is 22.2 Å². The number of hydrogen-bond donors (Lipinski definition) is 1. The number of carbonyl (C=O) groups is 1. The van der Waals surface area contributed by atoms with Crippen LogP contribution in [0.3, 0.4) is 0 Å². The van der Waals surface area contributed by atoms with Gasteiger partial charge in [0.25, 0.3) is 11.6 Å². The number of nitrogens with zero attached hydrogens (tertiary/aromatic N) is 2. The smallest absolute Gasteiger partial charge is 0.298 e. The SMILES string of the molecule is Cc1ccc(-c2ccc(C(=O)n3c(C)c(CO)c4ccccc43)o2)c([N+](=O)[O-])c1. The molecule has 7 heteroatoms. The molecule has 4 aromatic rings. The average Bonchev–Trinajstić information content (AvgIpc) is 3.29. The lowest BCUT2D eigenvalue weighted by molar-refractivity contribution is -0.384.